The monoisotopic (exact) mass is 421 g/mol. The minimum absolute atomic E-state index is 0.260. The van der Waals surface area contributed by atoms with Gasteiger partial charge in [0.05, 0.1) is 40.7 Å². The first-order valence-corrected chi connectivity index (χ1v) is 10.3. The van der Waals surface area contributed by atoms with Crippen molar-refractivity contribution in [3.8, 4) is 6.07 Å². The van der Waals surface area contributed by atoms with E-state index in [-0.39, 0.29) is 5.92 Å². The molecule has 31 heavy (non-hydrogen) atoms. The zero-order valence-electron chi connectivity index (χ0n) is 16.3. The summed E-state index contributed by atoms with van der Waals surface area (Å²) < 4.78 is 0. The van der Waals surface area contributed by atoms with Gasteiger partial charge in [0.25, 0.3) is 0 Å². The number of fused-ring (bicyclic) bond motifs is 4. The molecule has 1 unspecified atom stereocenters. The lowest BCUT2D eigenvalue weighted by molar-refractivity contribution is 0.969. The molecule has 1 aliphatic rings. The molecule has 3 aromatic carbocycles. The molecule has 0 fully saturated rings. The second-order valence-corrected chi connectivity index (χ2v) is 8.08. The van der Waals surface area contributed by atoms with Crippen LogP contribution < -0.4 is 5.32 Å². The van der Waals surface area contributed by atoms with Gasteiger partial charge in [0.1, 0.15) is 0 Å². The summed E-state index contributed by atoms with van der Waals surface area (Å²) in [4.78, 5) is 3.46. The Morgan fingerprint density at radius 3 is 2.61 bits per heavy atom. The Balaban J connectivity index is 1.65. The van der Waals surface area contributed by atoms with Crippen molar-refractivity contribution >= 4 is 44.8 Å². The van der Waals surface area contributed by atoms with Crippen LogP contribution >= 0.6 is 11.6 Å². The molecule has 0 bridgehead atoms. The van der Waals surface area contributed by atoms with Crippen molar-refractivity contribution in [1.82, 2.24) is 15.2 Å². The molecule has 5 nitrogen and oxygen atoms in total. The molecule has 0 saturated carbocycles. The van der Waals surface area contributed by atoms with E-state index >= 15 is 0 Å². The Bertz CT molecular complexity index is 1500. The average Bonchev–Trinajstić information content (AvgIpc) is 3.45. The second-order valence-electron chi connectivity index (χ2n) is 7.64. The zero-order valence-corrected chi connectivity index (χ0v) is 17.0. The molecule has 3 heterocycles. The third-order valence-electron chi connectivity index (χ3n) is 5.89. The van der Waals surface area contributed by atoms with E-state index in [2.05, 4.69) is 38.7 Å². The van der Waals surface area contributed by atoms with Crippen molar-refractivity contribution in [3.63, 3.8) is 0 Å². The maximum absolute atomic E-state index is 10.3. The van der Waals surface area contributed by atoms with Gasteiger partial charge in [-0.3, -0.25) is 5.10 Å². The van der Waals surface area contributed by atoms with Gasteiger partial charge in [-0.05, 0) is 42.0 Å². The Morgan fingerprint density at radius 2 is 1.81 bits per heavy atom. The van der Waals surface area contributed by atoms with E-state index in [0.717, 1.165) is 50.0 Å². The number of hydrogen-bond donors (Lipinski definition) is 3. The summed E-state index contributed by atoms with van der Waals surface area (Å²) in [6.45, 7) is 0. The highest BCUT2D eigenvalue weighted by atomic mass is 35.5. The number of nitrogens with one attached hydrogen (secondary N) is 3. The summed E-state index contributed by atoms with van der Waals surface area (Å²) in [5.74, 6) is -0.260. The lowest BCUT2D eigenvalue weighted by atomic mass is 9.80. The summed E-state index contributed by atoms with van der Waals surface area (Å²) in [5, 5.41) is 24.0. The quantitative estimate of drug-likeness (QED) is 0.318. The van der Waals surface area contributed by atoms with Crippen molar-refractivity contribution in [1.29, 1.82) is 5.26 Å². The summed E-state index contributed by atoms with van der Waals surface area (Å²) in [5.41, 5.74) is 7.22. The SMILES string of the molecule is N#CC1=C(c2cc3ccccc3[nH]2)Nc2ccc3cn[nH]c3c2C1c1ccc(Cl)cc1. The smallest absolute Gasteiger partial charge is 0.0980 e. The summed E-state index contributed by atoms with van der Waals surface area (Å²) in [6.07, 6.45) is 1.80. The first-order chi connectivity index (χ1) is 15.2. The lowest BCUT2D eigenvalue weighted by Crippen LogP contribution is -2.18. The van der Waals surface area contributed by atoms with Crippen LogP contribution in [0.1, 0.15) is 22.7 Å². The van der Waals surface area contributed by atoms with Gasteiger partial charge >= 0.3 is 0 Å². The zero-order chi connectivity index (χ0) is 20.9. The van der Waals surface area contributed by atoms with Crippen LogP contribution in [0.4, 0.5) is 5.69 Å². The fourth-order valence-corrected chi connectivity index (χ4v) is 4.59. The van der Waals surface area contributed by atoms with E-state index in [4.69, 9.17) is 11.6 Å². The minimum atomic E-state index is -0.260. The number of halogens is 1. The molecule has 0 aliphatic carbocycles. The largest absolute Gasteiger partial charge is 0.353 e. The van der Waals surface area contributed by atoms with Gasteiger partial charge in [-0.15, -0.1) is 0 Å². The topological polar surface area (TPSA) is 80.3 Å². The number of H-pyrrole nitrogens is 2. The standard InChI is InChI=1S/C25H16ClN5/c26-17-8-5-14(6-9-17)22-18(12-27)25(21-11-15-3-1-2-4-19(15)29-21)30-20-10-7-16-13-28-31-24(16)23(20)22/h1-11,13,22,29-30H,(H,28,31). The van der Waals surface area contributed by atoms with Crippen LogP contribution in [0.2, 0.25) is 5.02 Å². The minimum Gasteiger partial charge on any atom is -0.353 e. The molecule has 148 valence electrons. The average molecular weight is 422 g/mol. The Hall–Kier alpha value is -4.01. The van der Waals surface area contributed by atoms with Gasteiger partial charge in [0.15, 0.2) is 0 Å². The van der Waals surface area contributed by atoms with Crippen molar-refractivity contribution in [2.24, 2.45) is 0 Å². The molecule has 1 aliphatic heterocycles. The molecule has 0 spiro atoms. The molecule has 5 aromatic rings. The molecule has 1 atom stereocenters. The predicted molar refractivity (Wildman–Crippen MR) is 124 cm³/mol. The van der Waals surface area contributed by atoms with E-state index in [0.29, 0.717) is 10.6 Å². The van der Waals surface area contributed by atoms with Crippen LogP contribution in [0.25, 0.3) is 27.5 Å². The lowest BCUT2D eigenvalue weighted by Gasteiger charge is -2.29. The van der Waals surface area contributed by atoms with Gasteiger partial charge in [0.2, 0.25) is 0 Å². The van der Waals surface area contributed by atoms with Crippen molar-refractivity contribution < 1.29 is 0 Å². The van der Waals surface area contributed by atoms with E-state index in [1.165, 1.54) is 0 Å². The number of rotatable bonds is 2. The number of benzene rings is 3. The highest BCUT2D eigenvalue weighted by molar-refractivity contribution is 6.30. The number of nitriles is 1. The highest BCUT2D eigenvalue weighted by Crippen LogP contribution is 2.46. The number of aromatic nitrogens is 3. The molecule has 6 rings (SSSR count). The van der Waals surface area contributed by atoms with Crippen LogP contribution in [0, 0.1) is 11.3 Å². The molecule has 6 heteroatoms. The van der Waals surface area contributed by atoms with Gasteiger partial charge in [-0.1, -0.05) is 41.9 Å². The number of para-hydroxylation sites is 1. The molecule has 0 amide bonds. The third kappa shape index (κ3) is 2.73. The number of aromatic amines is 2. The second kappa shape index (κ2) is 6.76. The molecule has 3 N–H and O–H groups in total. The van der Waals surface area contributed by atoms with E-state index in [9.17, 15) is 5.26 Å². The number of nitrogens with zero attached hydrogens (tertiary/aromatic N) is 2. The summed E-state index contributed by atoms with van der Waals surface area (Å²) >= 11 is 6.16. The number of allylic oxidation sites excluding steroid dienone is 1. The van der Waals surface area contributed by atoms with Crippen LogP contribution in [-0.2, 0) is 0 Å². The Labute approximate surface area is 183 Å². The van der Waals surface area contributed by atoms with Crippen LogP contribution in [-0.4, -0.2) is 15.2 Å². The first-order valence-electron chi connectivity index (χ1n) is 9.94. The van der Waals surface area contributed by atoms with Crippen LogP contribution in [0.5, 0.6) is 0 Å². The van der Waals surface area contributed by atoms with Gasteiger partial charge < -0.3 is 10.3 Å². The van der Waals surface area contributed by atoms with E-state index in [1.807, 2.05) is 54.6 Å². The first kappa shape index (κ1) is 17.8. The molecule has 0 saturated heterocycles. The predicted octanol–water partition coefficient (Wildman–Crippen LogP) is 6.19. The van der Waals surface area contributed by atoms with Gasteiger partial charge in [-0.2, -0.15) is 10.4 Å². The highest BCUT2D eigenvalue weighted by Gasteiger charge is 2.33. The number of hydrogen-bond acceptors (Lipinski definition) is 3. The van der Waals surface area contributed by atoms with E-state index < -0.39 is 0 Å². The van der Waals surface area contributed by atoms with Gasteiger partial charge in [0, 0.05) is 32.6 Å². The normalized spacial score (nSPS) is 15.7. The fourth-order valence-electron chi connectivity index (χ4n) is 4.46. The van der Waals surface area contributed by atoms with Crippen LogP contribution in [0.3, 0.4) is 0 Å². The third-order valence-corrected chi connectivity index (χ3v) is 6.14. The Morgan fingerprint density at radius 1 is 0.968 bits per heavy atom. The summed E-state index contributed by atoms with van der Waals surface area (Å²) in [6, 6.07) is 24.4. The molecule has 2 aromatic heterocycles. The molecule has 0 radical (unpaired) electrons. The van der Waals surface area contributed by atoms with Crippen molar-refractivity contribution in [2.75, 3.05) is 5.32 Å². The molecular formula is C25H16ClN5. The maximum atomic E-state index is 10.3. The molecular weight excluding hydrogens is 406 g/mol. The Kier molecular flexibility index (Phi) is 3.89. The fraction of sp³-hybridized carbons (Fsp3) is 0.0400. The number of anilines is 1. The van der Waals surface area contributed by atoms with Gasteiger partial charge in [-0.25, -0.2) is 0 Å². The van der Waals surface area contributed by atoms with Crippen LogP contribution in [0.15, 0.2) is 78.5 Å². The summed E-state index contributed by atoms with van der Waals surface area (Å²) in [7, 11) is 0. The maximum Gasteiger partial charge on any atom is 0.0980 e. The van der Waals surface area contributed by atoms with Crippen molar-refractivity contribution in [3.05, 3.63) is 100 Å². The van der Waals surface area contributed by atoms with Crippen molar-refractivity contribution in [2.45, 2.75) is 5.92 Å². The van der Waals surface area contributed by atoms with E-state index in [1.54, 1.807) is 6.20 Å².